The lowest BCUT2D eigenvalue weighted by atomic mass is 10.2. The van der Waals surface area contributed by atoms with Crippen molar-refractivity contribution in [3.63, 3.8) is 0 Å². The monoisotopic (exact) mass is 404 g/mol. The van der Waals surface area contributed by atoms with Crippen molar-refractivity contribution >= 4 is 27.3 Å². The summed E-state index contributed by atoms with van der Waals surface area (Å²) in [7, 11) is -3.98. The second-order valence-corrected chi connectivity index (χ2v) is 8.27. The molecule has 0 spiro atoms. The molecule has 1 fully saturated rings. The highest BCUT2D eigenvalue weighted by Crippen LogP contribution is 2.31. The second-order valence-electron chi connectivity index (χ2n) is 5.90. The molecule has 0 N–H and O–H groups in total. The zero-order valence-corrected chi connectivity index (χ0v) is 15.2. The number of anilines is 1. The summed E-state index contributed by atoms with van der Waals surface area (Å²) in [6.45, 7) is 1.23. The van der Waals surface area contributed by atoms with E-state index in [1.165, 1.54) is 10.4 Å². The minimum absolute atomic E-state index is 0.186. The third kappa shape index (κ3) is 3.97. The molecular formula is C17H16ClF3N2O2S. The Hall–Kier alpha value is -1.77. The van der Waals surface area contributed by atoms with Gasteiger partial charge in [-0.15, -0.1) is 0 Å². The van der Waals surface area contributed by atoms with Crippen LogP contribution in [0.25, 0.3) is 0 Å². The molecule has 1 aliphatic rings. The zero-order chi connectivity index (χ0) is 18.9. The molecule has 1 heterocycles. The SMILES string of the molecule is O=S(=O)(c1cccc(C(F)(F)F)c1)N1CCN(c2cccc(Cl)c2)CC1. The van der Waals surface area contributed by atoms with Crippen LogP contribution in [-0.4, -0.2) is 38.9 Å². The minimum atomic E-state index is -4.59. The predicted molar refractivity (Wildman–Crippen MR) is 93.9 cm³/mol. The number of hydrogen-bond acceptors (Lipinski definition) is 3. The lowest BCUT2D eigenvalue weighted by Gasteiger charge is -2.35. The van der Waals surface area contributed by atoms with Crippen molar-refractivity contribution in [3.8, 4) is 0 Å². The highest BCUT2D eigenvalue weighted by atomic mass is 35.5. The van der Waals surface area contributed by atoms with Crippen molar-refractivity contribution < 1.29 is 21.6 Å². The van der Waals surface area contributed by atoms with Gasteiger partial charge in [-0.25, -0.2) is 8.42 Å². The number of halogens is 4. The Morgan fingerprint density at radius 1 is 0.923 bits per heavy atom. The number of hydrogen-bond donors (Lipinski definition) is 0. The summed E-state index contributed by atoms with van der Waals surface area (Å²) >= 11 is 5.97. The molecule has 3 rings (SSSR count). The molecule has 0 radical (unpaired) electrons. The van der Waals surface area contributed by atoms with Crippen molar-refractivity contribution in [2.75, 3.05) is 31.1 Å². The molecule has 4 nitrogen and oxygen atoms in total. The van der Waals surface area contributed by atoms with Crippen molar-refractivity contribution in [2.45, 2.75) is 11.1 Å². The topological polar surface area (TPSA) is 40.6 Å². The Labute approximate surface area is 154 Å². The number of alkyl halides is 3. The fourth-order valence-electron chi connectivity index (χ4n) is 2.84. The van der Waals surface area contributed by atoms with Crippen LogP contribution < -0.4 is 4.90 Å². The second kappa shape index (κ2) is 7.09. The Morgan fingerprint density at radius 3 is 2.19 bits per heavy atom. The van der Waals surface area contributed by atoms with E-state index in [4.69, 9.17) is 11.6 Å². The Kier molecular flexibility index (Phi) is 5.18. The standard InChI is InChI=1S/C17H16ClF3N2O2S/c18-14-4-2-5-15(12-14)22-7-9-23(10-8-22)26(24,25)16-6-1-3-13(11-16)17(19,20)21/h1-6,11-12H,7-10H2. The van der Waals surface area contributed by atoms with Crippen LogP contribution >= 0.6 is 11.6 Å². The van der Waals surface area contributed by atoms with Gasteiger partial charge in [-0.05, 0) is 36.4 Å². The van der Waals surface area contributed by atoms with E-state index >= 15 is 0 Å². The van der Waals surface area contributed by atoms with E-state index in [0.29, 0.717) is 24.2 Å². The van der Waals surface area contributed by atoms with E-state index < -0.39 is 21.8 Å². The summed E-state index contributed by atoms with van der Waals surface area (Å²) in [5, 5.41) is 0.585. The fourth-order valence-corrected chi connectivity index (χ4v) is 4.49. The normalized spacial score (nSPS) is 16.7. The average Bonchev–Trinajstić information content (AvgIpc) is 2.61. The van der Waals surface area contributed by atoms with Crippen molar-refractivity contribution in [1.29, 1.82) is 0 Å². The van der Waals surface area contributed by atoms with Gasteiger partial charge in [-0.3, -0.25) is 0 Å². The molecular weight excluding hydrogens is 389 g/mol. The third-order valence-electron chi connectivity index (χ3n) is 4.21. The van der Waals surface area contributed by atoms with Gasteiger partial charge >= 0.3 is 6.18 Å². The molecule has 0 amide bonds. The summed E-state index contributed by atoms with van der Waals surface area (Å²) < 4.78 is 65.1. The van der Waals surface area contributed by atoms with Crippen LogP contribution in [0.3, 0.4) is 0 Å². The summed E-state index contributed by atoms with van der Waals surface area (Å²) in [4.78, 5) is 1.65. The van der Waals surface area contributed by atoms with E-state index in [1.807, 2.05) is 17.0 Å². The Balaban J connectivity index is 1.76. The highest BCUT2D eigenvalue weighted by molar-refractivity contribution is 7.89. The third-order valence-corrected chi connectivity index (χ3v) is 6.34. The van der Waals surface area contributed by atoms with E-state index in [1.54, 1.807) is 12.1 Å². The predicted octanol–water partition coefficient (Wildman–Crippen LogP) is 3.87. The quantitative estimate of drug-likeness (QED) is 0.779. The van der Waals surface area contributed by atoms with Crippen LogP contribution in [0.4, 0.5) is 18.9 Å². The first-order valence-electron chi connectivity index (χ1n) is 7.86. The van der Waals surface area contributed by atoms with Crippen LogP contribution in [0.15, 0.2) is 53.4 Å². The van der Waals surface area contributed by atoms with E-state index in [-0.39, 0.29) is 18.0 Å². The largest absolute Gasteiger partial charge is 0.416 e. The molecule has 1 saturated heterocycles. The molecule has 26 heavy (non-hydrogen) atoms. The zero-order valence-electron chi connectivity index (χ0n) is 13.6. The minimum Gasteiger partial charge on any atom is -0.369 e. The molecule has 2 aromatic carbocycles. The lowest BCUT2D eigenvalue weighted by Crippen LogP contribution is -2.48. The maximum absolute atomic E-state index is 12.8. The van der Waals surface area contributed by atoms with Crippen LogP contribution in [0.2, 0.25) is 5.02 Å². The van der Waals surface area contributed by atoms with Crippen molar-refractivity contribution in [1.82, 2.24) is 4.31 Å². The molecule has 1 aliphatic heterocycles. The van der Waals surface area contributed by atoms with Gasteiger partial charge < -0.3 is 4.90 Å². The van der Waals surface area contributed by atoms with Gasteiger partial charge in [0.1, 0.15) is 0 Å². The summed E-state index contributed by atoms with van der Waals surface area (Å²) in [6, 6.07) is 11.1. The van der Waals surface area contributed by atoms with Crippen LogP contribution in [-0.2, 0) is 16.2 Å². The molecule has 2 aromatic rings. The van der Waals surface area contributed by atoms with Gasteiger partial charge in [0.25, 0.3) is 0 Å². The number of nitrogens with zero attached hydrogens (tertiary/aromatic N) is 2. The van der Waals surface area contributed by atoms with E-state index in [9.17, 15) is 21.6 Å². The van der Waals surface area contributed by atoms with Gasteiger partial charge in [0, 0.05) is 36.9 Å². The summed E-state index contributed by atoms with van der Waals surface area (Å²) in [5.74, 6) is 0. The lowest BCUT2D eigenvalue weighted by molar-refractivity contribution is -0.137. The van der Waals surface area contributed by atoms with Crippen molar-refractivity contribution in [3.05, 3.63) is 59.1 Å². The average molecular weight is 405 g/mol. The molecule has 0 aliphatic carbocycles. The van der Waals surface area contributed by atoms with Gasteiger partial charge in [0.2, 0.25) is 10.0 Å². The smallest absolute Gasteiger partial charge is 0.369 e. The number of benzene rings is 2. The van der Waals surface area contributed by atoms with Gasteiger partial charge in [0.05, 0.1) is 10.5 Å². The van der Waals surface area contributed by atoms with E-state index in [2.05, 4.69) is 0 Å². The Morgan fingerprint density at radius 2 is 1.58 bits per heavy atom. The maximum Gasteiger partial charge on any atom is 0.416 e. The Bertz CT molecular complexity index is 895. The number of sulfonamides is 1. The number of rotatable bonds is 3. The van der Waals surface area contributed by atoms with Gasteiger partial charge in [-0.1, -0.05) is 23.7 Å². The molecule has 0 atom stereocenters. The summed E-state index contributed by atoms with van der Waals surface area (Å²) in [6.07, 6.45) is -4.59. The molecule has 0 saturated carbocycles. The first-order valence-corrected chi connectivity index (χ1v) is 9.68. The molecule has 0 aromatic heterocycles. The molecule has 0 unspecified atom stereocenters. The maximum atomic E-state index is 12.8. The summed E-state index contributed by atoms with van der Waals surface area (Å²) in [5.41, 5.74) is -0.0928. The highest BCUT2D eigenvalue weighted by Gasteiger charge is 2.34. The first kappa shape index (κ1) is 19.0. The molecule has 9 heteroatoms. The van der Waals surface area contributed by atoms with Crippen LogP contribution in [0.5, 0.6) is 0 Å². The van der Waals surface area contributed by atoms with Gasteiger partial charge in [-0.2, -0.15) is 17.5 Å². The molecule has 140 valence electrons. The first-order chi connectivity index (χ1) is 12.2. The van der Waals surface area contributed by atoms with Crippen LogP contribution in [0.1, 0.15) is 5.56 Å². The van der Waals surface area contributed by atoms with Gasteiger partial charge in [0.15, 0.2) is 0 Å². The van der Waals surface area contributed by atoms with Crippen LogP contribution in [0, 0.1) is 0 Å². The fraction of sp³-hybridized carbons (Fsp3) is 0.294. The molecule has 0 bridgehead atoms. The number of piperazine rings is 1. The van der Waals surface area contributed by atoms with Crippen molar-refractivity contribution in [2.24, 2.45) is 0 Å². The van der Waals surface area contributed by atoms with E-state index in [0.717, 1.165) is 17.8 Å².